The second-order valence-electron chi connectivity index (χ2n) is 6.18. The van der Waals surface area contributed by atoms with Gasteiger partial charge in [0, 0.05) is 19.5 Å². The zero-order chi connectivity index (χ0) is 18.3. The van der Waals surface area contributed by atoms with Gasteiger partial charge in [0.15, 0.2) is 0 Å². The summed E-state index contributed by atoms with van der Waals surface area (Å²) in [5, 5.41) is 15.8. The highest BCUT2D eigenvalue weighted by atomic mass is 19.1. The summed E-state index contributed by atoms with van der Waals surface area (Å²) in [5.74, 6) is 0.435. The van der Waals surface area contributed by atoms with Gasteiger partial charge in [-0.3, -0.25) is 0 Å². The Balaban J connectivity index is 1.77. The first-order chi connectivity index (χ1) is 11.9. The molecule has 2 aromatic rings. The molecule has 0 saturated heterocycles. The summed E-state index contributed by atoms with van der Waals surface area (Å²) in [4.78, 5) is 11.8. The maximum atomic E-state index is 12.8. The van der Waals surface area contributed by atoms with Gasteiger partial charge < -0.3 is 20.5 Å². The van der Waals surface area contributed by atoms with E-state index in [0.717, 1.165) is 16.9 Å². The first-order valence-electron chi connectivity index (χ1n) is 7.99. The number of methoxy groups -OCH3 is 1. The highest BCUT2D eigenvalue weighted by molar-refractivity contribution is 5.73. The van der Waals surface area contributed by atoms with Crippen molar-refractivity contribution in [2.24, 2.45) is 0 Å². The van der Waals surface area contributed by atoms with Crippen molar-refractivity contribution < 1.29 is 19.0 Å². The zero-order valence-electron chi connectivity index (χ0n) is 14.4. The summed E-state index contributed by atoms with van der Waals surface area (Å²) in [6.07, 6.45) is 0.398. The number of benzene rings is 2. The molecule has 0 aliphatic rings. The second-order valence-corrected chi connectivity index (χ2v) is 6.18. The first-order valence-corrected chi connectivity index (χ1v) is 7.99. The second kappa shape index (κ2) is 8.48. The molecule has 0 aliphatic carbocycles. The molecular formula is C19H23FN2O3. The lowest BCUT2D eigenvalue weighted by molar-refractivity contribution is 0.0624. The topological polar surface area (TPSA) is 70.6 Å². The van der Waals surface area contributed by atoms with Crippen molar-refractivity contribution in [2.75, 3.05) is 13.7 Å². The number of halogens is 1. The minimum atomic E-state index is -1.08. The molecule has 0 spiro atoms. The number of urea groups is 1. The molecule has 6 heteroatoms. The number of amides is 2. The number of nitrogens with one attached hydrogen (secondary N) is 2. The van der Waals surface area contributed by atoms with Crippen LogP contribution in [0.1, 0.15) is 18.1 Å². The molecule has 0 heterocycles. The van der Waals surface area contributed by atoms with Crippen LogP contribution in [0.25, 0.3) is 0 Å². The third kappa shape index (κ3) is 6.43. The van der Waals surface area contributed by atoms with Gasteiger partial charge in [0.25, 0.3) is 0 Å². The monoisotopic (exact) mass is 346 g/mol. The largest absolute Gasteiger partial charge is 0.497 e. The van der Waals surface area contributed by atoms with Crippen molar-refractivity contribution in [1.29, 1.82) is 0 Å². The predicted octanol–water partition coefficient (Wildman–Crippen LogP) is 2.63. The molecule has 0 fully saturated rings. The van der Waals surface area contributed by atoms with E-state index in [0.29, 0.717) is 6.42 Å². The Bertz CT molecular complexity index is 685. The maximum absolute atomic E-state index is 12.8. The summed E-state index contributed by atoms with van der Waals surface area (Å²) >= 11 is 0. The van der Waals surface area contributed by atoms with E-state index in [1.54, 1.807) is 26.2 Å². The molecule has 134 valence electrons. The molecular weight excluding hydrogens is 323 g/mol. The lowest BCUT2D eigenvalue weighted by Gasteiger charge is -2.24. The van der Waals surface area contributed by atoms with Crippen LogP contribution in [0.4, 0.5) is 9.18 Å². The molecule has 5 nitrogen and oxygen atoms in total. The van der Waals surface area contributed by atoms with Gasteiger partial charge in [-0.15, -0.1) is 0 Å². The summed E-state index contributed by atoms with van der Waals surface area (Å²) in [6.45, 7) is 2.05. The average Bonchev–Trinajstić information content (AvgIpc) is 2.60. The fourth-order valence-electron chi connectivity index (χ4n) is 2.36. The number of ether oxygens (including phenoxy) is 1. The van der Waals surface area contributed by atoms with E-state index in [1.807, 2.05) is 24.3 Å². The van der Waals surface area contributed by atoms with E-state index in [1.165, 1.54) is 12.1 Å². The number of hydrogen-bond donors (Lipinski definition) is 3. The Morgan fingerprint density at radius 3 is 2.28 bits per heavy atom. The molecule has 0 aromatic heterocycles. The van der Waals surface area contributed by atoms with E-state index in [9.17, 15) is 14.3 Å². The van der Waals surface area contributed by atoms with Crippen LogP contribution in [0.5, 0.6) is 5.75 Å². The fraction of sp³-hybridized carbons (Fsp3) is 0.316. The van der Waals surface area contributed by atoms with Crippen LogP contribution in [-0.4, -0.2) is 30.4 Å². The van der Waals surface area contributed by atoms with Gasteiger partial charge in [0.1, 0.15) is 11.6 Å². The van der Waals surface area contributed by atoms with Crippen LogP contribution in [0.2, 0.25) is 0 Å². The van der Waals surface area contributed by atoms with Crippen molar-refractivity contribution in [3.8, 4) is 5.75 Å². The molecule has 25 heavy (non-hydrogen) atoms. The smallest absolute Gasteiger partial charge is 0.315 e. The highest BCUT2D eigenvalue weighted by Gasteiger charge is 2.21. The van der Waals surface area contributed by atoms with Gasteiger partial charge in [-0.2, -0.15) is 0 Å². The lowest BCUT2D eigenvalue weighted by atomic mass is 9.96. The predicted molar refractivity (Wildman–Crippen MR) is 94.0 cm³/mol. The van der Waals surface area contributed by atoms with Gasteiger partial charge >= 0.3 is 6.03 Å². The number of rotatable bonds is 7. The Hall–Kier alpha value is -2.60. The minimum Gasteiger partial charge on any atom is -0.497 e. The lowest BCUT2D eigenvalue weighted by Crippen LogP contribution is -2.45. The van der Waals surface area contributed by atoms with Crippen molar-refractivity contribution in [1.82, 2.24) is 10.6 Å². The Morgan fingerprint density at radius 2 is 1.68 bits per heavy atom. The number of carbonyl (C=O) groups is 1. The van der Waals surface area contributed by atoms with Gasteiger partial charge in [-0.05, 0) is 42.3 Å². The van der Waals surface area contributed by atoms with Crippen LogP contribution in [0, 0.1) is 5.82 Å². The fourth-order valence-corrected chi connectivity index (χ4v) is 2.36. The van der Waals surface area contributed by atoms with Crippen LogP contribution in [-0.2, 0) is 13.0 Å². The van der Waals surface area contributed by atoms with E-state index in [4.69, 9.17) is 4.74 Å². The minimum absolute atomic E-state index is 0.105. The zero-order valence-corrected chi connectivity index (χ0v) is 14.4. The normalized spacial score (nSPS) is 13.0. The van der Waals surface area contributed by atoms with Crippen molar-refractivity contribution in [3.63, 3.8) is 0 Å². The van der Waals surface area contributed by atoms with E-state index < -0.39 is 5.60 Å². The Morgan fingerprint density at radius 1 is 1.08 bits per heavy atom. The van der Waals surface area contributed by atoms with Gasteiger partial charge in [-0.25, -0.2) is 9.18 Å². The molecule has 0 aliphatic heterocycles. The summed E-state index contributed by atoms with van der Waals surface area (Å²) < 4.78 is 17.9. The summed E-state index contributed by atoms with van der Waals surface area (Å²) in [6, 6.07) is 12.9. The standard InChI is InChI=1S/C19H23FN2O3/c1-19(24,11-14-5-9-17(25-2)10-6-14)13-22-18(23)21-12-15-3-7-16(20)8-4-15/h3-10,24H,11-13H2,1-2H3,(H2,21,22,23). The molecule has 1 unspecified atom stereocenters. The van der Waals surface area contributed by atoms with Crippen LogP contribution < -0.4 is 15.4 Å². The van der Waals surface area contributed by atoms with Crippen molar-refractivity contribution >= 4 is 6.03 Å². The van der Waals surface area contributed by atoms with Gasteiger partial charge in [0.05, 0.1) is 12.7 Å². The number of aliphatic hydroxyl groups is 1. The van der Waals surface area contributed by atoms with Gasteiger partial charge in [-0.1, -0.05) is 24.3 Å². The molecule has 2 rings (SSSR count). The van der Waals surface area contributed by atoms with Crippen LogP contribution in [0.15, 0.2) is 48.5 Å². The molecule has 0 bridgehead atoms. The van der Waals surface area contributed by atoms with E-state index >= 15 is 0 Å². The average molecular weight is 346 g/mol. The van der Waals surface area contributed by atoms with Gasteiger partial charge in [0.2, 0.25) is 0 Å². The van der Waals surface area contributed by atoms with Crippen molar-refractivity contribution in [2.45, 2.75) is 25.5 Å². The quantitative estimate of drug-likeness (QED) is 0.722. The van der Waals surface area contributed by atoms with Crippen molar-refractivity contribution in [3.05, 3.63) is 65.5 Å². The third-order valence-electron chi connectivity index (χ3n) is 3.74. The highest BCUT2D eigenvalue weighted by Crippen LogP contribution is 2.16. The molecule has 2 aromatic carbocycles. The number of hydrogen-bond acceptors (Lipinski definition) is 3. The van der Waals surface area contributed by atoms with Crippen LogP contribution >= 0.6 is 0 Å². The molecule has 0 saturated carbocycles. The third-order valence-corrected chi connectivity index (χ3v) is 3.74. The molecule has 2 amide bonds. The van der Waals surface area contributed by atoms with E-state index in [-0.39, 0.29) is 24.9 Å². The Labute approximate surface area is 146 Å². The van der Waals surface area contributed by atoms with Crippen LogP contribution in [0.3, 0.4) is 0 Å². The summed E-state index contributed by atoms with van der Waals surface area (Å²) in [5.41, 5.74) is 0.655. The summed E-state index contributed by atoms with van der Waals surface area (Å²) in [7, 11) is 1.60. The van der Waals surface area contributed by atoms with E-state index in [2.05, 4.69) is 10.6 Å². The molecule has 1 atom stereocenters. The molecule has 3 N–H and O–H groups in total. The number of carbonyl (C=O) groups excluding carboxylic acids is 1. The Kier molecular flexibility index (Phi) is 6.36. The first kappa shape index (κ1) is 18.7. The SMILES string of the molecule is COc1ccc(CC(C)(O)CNC(=O)NCc2ccc(F)cc2)cc1. The maximum Gasteiger partial charge on any atom is 0.315 e. The molecule has 0 radical (unpaired) electrons.